The molecular formula is C23H31N3O5. The normalized spacial score (nSPS) is 12.9. The minimum Gasteiger partial charge on any atom is -0.493 e. The van der Waals surface area contributed by atoms with Crippen LogP contribution in [0.3, 0.4) is 0 Å². The van der Waals surface area contributed by atoms with Crippen molar-refractivity contribution < 1.29 is 23.5 Å². The second kappa shape index (κ2) is 10.2. The fourth-order valence-electron chi connectivity index (χ4n) is 3.42. The minimum atomic E-state index is -0.131. The van der Waals surface area contributed by atoms with Gasteiger partial charge in [0.25, 0.3) is 0 Å². The van der Waals surface area contributed by atoms with Crippen LogP contribution in [-0.2, 0) is 17.8 Å². The van der Waals surface area contributed by atoms with Crippen molar-refractivity contribution in [1.29, 1.82) is 0 Å². The Kier molecular flexibility index (Phi) is 7.44. The van der Waals surface area contributed by atoms with Crippen LogP contribution in [0.25, 0.3) is 0 Å². The first-order valence-corrected chi connectivity index (χ1v) is 10.4. The van der Waals surface area contributed by atoms with Crippen molar-refractivity contribution in [3.8, 4) is 11.5 Å². The molecule has 1 aromatic carbocycles. The molecule has 0 atom stereocenters. The van der Waals surface area contributed by atoms with Crippen molar-refractivity contribution in [2.45, 2.75) is 31.8 Å². The predicted molar refractivity (Wildman–Crippen MR) is 116 cm³/mol. The third-order valence-corrected chi connectivity index (χ3v) is 5.32. The van der Waals surface area contributed by atoms with Crippen molar-refractivity contribution in [2.75, 3.05) is 41.4 Å². The molecule has 3 rings (SSSR count). The van der Waals surface area contributed by atoms with Gasteiger partial charge in [-0.3, -0.25) is 4.79 Å². The Bertz CT molecular complexity index is 877. The Balaban J connectivity index is 1.71. The summed E-state index contributed by atoms with van der Waals surface area (Å²) in [6.07, 6.45) is 4.11. The zero-order valence-corrected chi connectivity index (χ0v) is 18.7. The molecule has 3 amide bonds. The molecule has 1 saturated carbocycles. The van der Waals surface area contributed by atoms with Crippen LogP contribution in [0.5, 0.6) is 11.5 Å². The highest BCUT2D eigenvalue weighted by Crippen LogP contribution is 2.29. The molecule has 31 heavy (non-hydrogen) atoms. The van der Waals surface area contributed by atoms with E-state index < -0.39 is 0 Å². The quantitative estimate of drug-likeness (QED) is 0.580. The van der Waals surface area contributed by atoms with Gasteiger partial charge in [-0.05, 0) is 49.1 Å². The fourth-order valence-corrected chi connectivity index (χ4v) is 3.42. The maximum Gasteiger partial charge on any atom is 0.320 e. The summed E-state index contributed by atoms with van der Waals surface area (Å²) in [6.45, 7) is 0.909. The molecule has 1 fully saturated rings. The summed E-state index contributed by atoms with van der Waals surface area (Å²) in [6, 6.07) is 9.41. The van der Waals surface area contributed by atoms with Gasteiger partial charge in [0.2, 0.25) is 5.91 Å². The first kappa shape index (κ1) is 22.5. The summed E-state index contributed by atoms with van der Waals surface area (Å²) in [7, 11) is 6.62. The fraction of sp³-hybridized carbons (Fsp3) is 0.478. The highest BCUT2D eigenvalue weighted by atomic mass is 16.5. The average Bonchev–Trinajstić information content (AvgIpc) is 3.49. The van der Waals surface area contributed by atoms with Crippen molar-refractivity contribution >= 4 is 11.9 Å². The maximum absolute atomic E-state index is 13.2. The zero-order valence-electron chi connectivity index (χ0n) is 18.7. The van der Waals surface area contributed by atoms with Gasteiger partial charge in [0, 0.05) is 26.7 Å². The van der Waals surface area contributed by atoms with Crippen LogP contribution < -0.4 is 9.47 Å². The third kappa shape index (κ3) is 5.93. The van der Waals surface area contributed by atoms with E-state index in [2.05, 4.69) is 0 Å². The molecule has 1 heterocycles. The summed E-state index contributed by atoms with van der Waals surface area (Å²) in [5.74, 6) is 1.92. The smallest absolute Gasteiger partial charge is 0.320 e. The van der Waals surface area contributed by atoms with Crippen molar-refractivity contribution in [2.24, 2.45) is 0 Å². The second-order valence-electron chi connectivity index (χ2n) is 7.87. The number of furan rings is 1. The van der Waals surface area contributed by atoms with E-state index in [1.807, 2.05) is 24.3 Å². The largest absolute Gasteiger partial charge is 0.493 e. The molecule has 0 N–H and O–H groups in total. The molecule has 1 aromatic heterocycles. The molecule has 1 aliphatic carbocycles. The molecule has 8 nitrogen and oxygen atoms in total. The number of benzene rings is 1. The number of amides is 3. The summed E-state index contributed by atoms with van der Waals surface area (Å²) in [5, 5.41) is 0. The van der Waals surface area contributed by atoms with E-state index in [1.54, 1.807) is 50.4 Å². The van der Waals surface area contributed by atoms with Gasteiger partial charge in [0.15, 0.2) is 11.5 Å². The van der Waals surface area contributed by atoms with Crippen molar-refractivity contribution in [3.63, 3.8) is 0 Å². The van der Waals surface area contributed by atoms with E-state index >= 15 is 0 Å². The highest BCUT2D eigenvalue weighted by molar-refractivity contribution is 5.84. The third-order valence-electron chi connectivity index (χ3n) is 5.32. The molecule has 2 aromatic rings. The Morgan fingerprint density at radius 2 is 1.84 bits per heavy atom. The van der Waals surface area contributed by atoms with Gasteiger partial charge < -0.3 is 28.6 Å². The summed E-state index contributed by atoms with van der Waals surface area (Å²) in [4.78, 5) is 30.7. The number of hydrogen-bond acceptors (Lipinski definition) is 5. The van der Waals surface area contributed by atoms with Gasteiger partial charge >= 0.3 is 6.03 Å². The second-order valence-corrected chi connectivity index (χ2v) is 7.87. The maximum atomic E-state index is 13.2. The van der Waals surface area contributed by atoms with Gasteiger partial charge in [0.1, 0.15) is 12.3 Å². The number of carbonyl (C=O) groups excluding carboxylic acids is 2. The van der Waals surface area contributed by atoms with Gasteiger partial charge in [-0.25, -0.2) is 4.79 Å². The Morgan fingerprint density at radius 1 is 1.10 bits per heavy atom. The molecule has 0 unspecified atom stereocenters. The van der Waals surface area contributed by atoms with Gasteiger partial charge in [-0.2, -0.15) is 0 Å². The summed E-state index contributed by atoms with van der Waals surface area (Å²) in [5.41, 5.74) is 1.03. The number of urea groups is 1. The lowest BCUT2D eigenvalue weighted by Crippen LogP contribution is -2.47. The number of methoxy groups -OCH3 is 2. The molecule has 8 heteroatoms. The lowest BCUT2D eigenvalue weighted by Gasteiger charge is -2.29. The standard InChI is InChI=1S/C23H31N3O5/c1-24(2)23(28)26(18-8-9-18)16-22(27)25(15-19-6-5-13-31-19)12-11-17-7-10-20(29-3)21(14-17)30-4/h5-7,10,13-14,18H,8-9,11-12,15-16H2,1-4H3. The van der Waals surface area contributed by atoms with Gasteiger partial charge in [-0.1, -0.05) is 6.07 Å². The van der Waals surface area contributed by atoms with Crippen molar-refractivity contribution in [3.05, 3.63) is 47.9 Å². The van der Waals surface area contributed by atoms with Crippen LogP contribution in [0, 0.1) is 0 Å². The lowest BCUT2D eigenvalue weighted by atomic mass is 10.1. The SMILES string of the molecule is COc1ccc(CCN(Cc2ccco2)C(=O)CN(C(=O)N(C)C)C2CC2)cc1OC. The first-order chi connectivity index (χ1) is 14.9. The number of hydrogen-bond donors (Lipinski definition) is 0. The Hall–Kier alpha value is -3.16. The molecule has 0 aliphatic heterocycles. The van der Waals surface area contributed by atoms with E-state index in [0.717, 1.165) is 18.4 Å². The van der Waals surface area contributed by atoms with Crippen LogP contribution >= 0.6 is 0 Å². The van der Waals surface area contributed by atoms with Crippen LogP contribution in [-0.4, -0.2) is 74.1 Å². The van der Waals surface area contributed by atoms with E-state index in [9.17, 15) is 9.59 Å². The molecule has 168 valence electrons. The molecular weight excluding hydrogens is 398 g/mol. The van der Waals surface area contributed by atoms with E-state index in [4.69, 9.17) is 13.9 Å². The molecule has 0 spiro atoms. The van der Waals surface area contributed by atoms with E-state index in [-0.39, 0.29) is 24.5 Å². The first-order valence-electron chi connectivity index (χ1n) is 10.4. The van der Waals surface area contributed by atoms with E-state index in [1.165, 1.54) is 4.90 Å². The predicted octanol–water partition coefficient (Wildman–Crippen LogP) is 3.01. The minimum absolute atomic E-state index is 0.0638. The van der Waals surface area contributed by atoms with Gasteiger partial charge in [0.05, 0.1) is 27.0 Å². The number of carbonyl (C=O) groups is 2. The average molecular weight is 430 g/mol. The number of rotatable bonds is 10. The van der Waals surface area contributed by atoms with Crippen LogP contribution in [0.4, 0.5) is 4.79 Å². The zero-order chi connectivity index (χ0) is 22.4. The van der Waals surface area contributed by atoms with Crippen LogP contribution in [0.1, 0.15) is 24.2 Å². The lowest BCUT2D eigenvalue weighted by molar-refractivity contribution is -0.132. The van der Waals surface area contributed by atoms with Crippen LogP contribution in [0.15, 0.2) is 41.0 Å². The van der Waals surface area contributed by atoms with E-state index in [0.29, 0.717) is 36.8 Å². The summed E-state index contributed by atoms with van der Waals surface area (Å²) < 4.78 is 16.1. The molecule has 0 bridgehead atoms. The topological polar surface area (TPSA) is 75.5 Å². The molecule has 0 saturated heterocycles. The molecule has 0 radical (unpaired) electrons. The highest BCUT2D eigenvalue weighted by Gasteiger charge is 2.35. The number of ether oxygens (including phenoxy) is 2. The number of nitrogens with zero attached hydrogens (tertiary/aromatic N) is 3. The van der Waals surface area contributed by atoms with Crippen molar-refractivity contribution in [1.82, 2.24) is 14.7 Å². The van der Waals surface area contributed by atoms with Crippen LogP contribution in [0.2, 0.25) is 0 Å². The Morgan fingerprint density at radius 3 is 2.42 bits per heavy atom. The monoisotopic (exact) mass is 429 g/mol. The Labute approximate surface area is 183 Å². The summed E-state index contributed by atoms with van der Waals surface area (Å²) >= 11 is 0. The molecule has 1 aliphatic rings. The van der Waals surface area contributed by atoms with Gasteiger partial charge in [-0.15, -0.1) is 0 Å².